The second-order valence-corrected chi connectivity index (χ2v) is 8.31. The molecule has 3 aromatic rings. The number of benzene rings is 2. The molecule has 1 N–H and O–H groups in total. The summed E-state index contributed by atoms with van der Waals surface area (Å²) < 4.78 is 27.2. The number of pyridine rings is 1. The number of anilines is 1. The molecule has 0 aliphatic rings. The molecule has 1 amide bonds. The van der Waals surface area contributed by atoms with Crippen molar-refractivity contribution >= 4 is 32.5 Å². The largest absolute Gasteiger partial charge is 0.321 e. The predicted molar refractivity (Wildman–Crippen MR) is 111 cm³/mol. The lowest BCUT2D eigenvalue weighted by atomic mass is 10.1. The number of nitrogens with zero attached hydrogens (tertiary/aromatic N) is 2. The van der Waals surface area contributed by atoms with E-state index in [9.17, 15) is 13.2 Å². The molecule has 1 aromatic heterocycles. The second kappa shape index (κ2) is 8.08. The monoisotopic (exact) mass is 397 g/mol. The summed E-state index contributed by atoms with van der Waals surface area (Å²) in [4.78, 5) is 17.3. The highest BCUT2D eigenvalue weighted by atomic mass is 32.2. The molecule has 6 nitrogen and oxygen atoms in total. The first kappa shape index (κ1) is 20.0. The zero-order valence-corrected chi connectivity index (χ0v) is 17.0. The van der Waals surface area contributed by atoms with Gasteiger partial charge in [0.05, 0.1) is 16.1 Å². The Morgan fingerprint density at radius 2 is 1.82 bits per heavy atom. The maximum Gasteiger partial charge on any atom is 0.255 e. The van der Waals surface area contributed by atoms with E-state index in [2.05, 4.69) is 10.3 Å². The van der Waals surface area contributed by atoms with Crippen LogP contribution in [-0.2, 0) is 10.0 Å². The third-order valence-corrected chi connectivity index (χ3v) is 6.86. The van der Waals surface area contributed by atoms with Crippen molar-refractivity contribution in [2.45, 2.75) is 25.7 Å². The highest BCUT2D eigenvalue weighted by Gasteiger charge is 2.24. The first-order valence-corrected chi connectivity index (χ1v) is 10.6. The van der Waals surface area contributed by atoms with Crippen LogP contribution in [0.2, 0.25) is 0 Å². The van der Waals surface area contributed by atoms with Gasteiger partial charge in [-0.15, -0.1) is 0 Å². The van der Waals surface area contributed by atoms with Crippen LogP contribution in [0.5, 0.6) is 0 Å². The highest BCUT2D eigenvalue weighted by molar-refractivity contribution is 7.89. The smallest absolute Gasteiger partial charge is 0.255 e. The predicted octanol–water partition coefficient (Wildman–Crippen LogP) is 3.83. The first-order chi connectivity index (χ1) is 13.4. The molecule has 7 heteroatoms. The minimum atomic E-state index is -3.65. The normalized spacial score (nSPS) is 11.7. The number of aromatic nitrogens is 1. The summed E-state index contributed by atoms with van der Waals surface area (Å²) in [6.07, 6.45) is 1.69. The quantitative estimate of drug-likeness (QED) is 0.686. The maximum absolute atomic E-state index is 12.9. The van der Waals surface area contributed by atoms with E-state index in [1.807, 2.05) is 18.2 Å². The van der Waals surface area contributed by atoms with Crippen molar-refractivity contribution in [1.82, 2.24) is 9.29 Å². The molecule has 0 saturated carbocycles. The maximum atomic E-state index is 12.9. The van der Waals surface area contributed by atoms with E-state index < -0.39 is 10.0 Å². The summed E-state index contributed by atoms with van der Waals surface area (Å²) in [5, 5.41) is 3.69. The van der Waals surface area contributed by atoms with Crippen LogP contribution < -0.4 is 5.32 Å². The van der Waals surface area contributed by atoms with E-state index in [1.54, 1.807) is 51.2 Å². The van der Waals surface area contributed by atoms with Gasteiger partial charge >= 0.3 is 0 Å². The lowest BCUT2D eigenvalue weighted by molar-refractivity contribution is 0.102. The van der Waals surface area contributed by atoms with Crippen molar-refractivity contribution in [3.05, 3.63) is 65.9 Å². The number of hydrogen-bond acceptors (Lipinski definition) is 4. The fourth-order valence-electron chi connectivity index (χ4n) is 3.13. The van der Waals surface area contributed by atoms with Gasteiger partial charge in [-0.1, -0.05) is 26.0 Å². The van der Waals surface area contributed by atoms with Crippen LogP contribution in [-0.4, -0.2) is 36.7 Å². The number of hydrogen-bond donors (Lipinski definition) is 1. The summed E-state index contributed by atoms with van der Waals surface area (Å²) in [6, 6.07) is 13.9. The fraction of sp³-hybridized carbons (Fsp3) is 0.238. The lowest BCUT2D eigenvalue weighted by Gasteiger charge is -2.20. The molecular formula is C21H23N3O3S. The highest BCUT2D eigenvalue weighted by Crippen LogP contribution is 2.24. The standard InChI is InChI=1S/C21H23N3O3S/c1-4-24(5-2)28(26,27)20-14-16(12-11-15(20)3)21(25)23-19-10-6-9-18-17(19)8-7-13-22-18/h6-14H,4-5H2,1-3H3,(H,23,25). The Hall–Kier alpha value is -2.77. The van der Waals surface area contributed by atoms with Gasteiger partial charge in [0.2, 0.25) is 10.0 Å². The van der Waals surface area contributed by atoms with Crippen LogP contribution in [0.1, 0.15) is 29.8 Å². The third-order valence-electron chi connectivity index (χ3n) is 4.67. The van der Waals surface area contributed by atoms with Crippen LogP contribution in [0.4, 0.5) is 5.69 Å². The molecule has 0 saturated heterocycles. The van der Waals surface area contributed by atoms with E-state index in [1.165, 1.54) is 10.4 Å². The fourth-order valence-corrected chi connectivity index (χ4v) is 4.84. The van der Waals surface area contributed by atoms with Crippen molar-refractivity contribution in [3.63, 3.8) is 0 Å². The van der Waals surface area contributed by atoms with E-state index in [0.29, 0.717) is 24.3 Å². The molecule has 0 fully saturated rings. The van der Waals surface area contributed by atoms with Gasteiger partial charge in [0, 0.05) is 30.2 Å². The van der Waals surface area contributed by atoms with Gasteiger partial charge in [0.25, 0.3) is 5.91 Å². The van der Waals surface area contributed by atoms with E-state index in [0.717, 1.165) is 10.9 Å². The molecule has 0 bridgehead atoms. The molecule has 0 unspecified atom stereocenters. The van der Waals surface area contributed by atoms with Crippen molar-refractivity contribution < 1.29 is 13.2 Å². The number of rotatable bonds is 6. The Morgan fingerprint density at radius 1 is 1.07 bits per heavy atom. The van der Waals surface area contributed by atoms with Crippen LogP contribution in [0, 0.1) is 6.92 Å². The molecular weight excluding hydrogens is 374 g/mol. The molecule has 1 heterocycles. The third kappa shape index (κ3) is 3.76. The number of carbonyl (C=O) groups is 1. The minimum absolute atomic E-state index is 0.156. The average Bonchev–Trinajstić information content (AvgIpc) is 2.69. The van der Waals surface area contributed by atoms with Gasteiger partial charge in [0.15, 0.2) is 0 Å². The van der Waals surface area contributed by atoms with E-state index >= 15 is 0 Å². The SMILES string of the molecule is CCN(CC)S(=O)(=O)c1cc(C(=O)Nc2cccc3ncccc23)ccc1C. The van der Waals surface area contributed by atoms with Crippen molar-refractivity contribution in [2.75, 3.05) is 18.4 Å². The molecule has 3 rings (SSSR count). The zero-order valence-electron chi connectivity index (χ0n) is 16.1. The van der Waals surface area contributed by atoms with Crippen molar-refractivity contribution in [1.29, 1.82) is 0 Å². The van der Waals surface area contributed by atoms with Crippen molar-refractivity contribution in [3.8, 4) is 0 Å². The minimum Gasteiger partial charge on any atom is -0.321 e. The number of aryl methyl sites for hydroxylation is 1. The molecule has 2 aromatic carbocycles. The van der Waals surface area contributed by atoms with Gasteiger partial charge in [-0.25, -0.2) is 8.42 Å². The number of amides is 1. The Morgan fingerprint density at radius 3 is 2.54 bits per heavy atom. The number of nitrogens with one attached hydrogen (secondary N) is 1. The Balaban J connectivity index is 1.97. The van der Waals surface area contributed by atoms with Crippen LogP contribution in [0.25, 0.3) is 10.9 Å². The first-order valence-electron chi connectivity index (χ1n) is 9.14. The Bertz CT molecular complexity index is 1120. The molecule has 0 radical (unpaired) electrons. The lowest BCUT2D eigenvalue weighted by Crippen LogP contribution is -2.31. The Labute approximate surface area is 165 Å². The summed E-state index contributed by atoms with van der Waals surface area (Å²) in [7, 11) is -3.65. The van der Waals surface area contributed by atoms with Gasteiger partial charge in [0.1, 0.15) is 0 Å². The van der Waals surface area contributed by atoms with Gasteiger partial charge < -0.3 is 5.32 Å². The van der Waals surface area contributed by atoms with E-state index in [-0.39, 0.29) is 16.4 Å². The summed E-state index contributed by atoms with van der Waals surface area (Å²) >= 11 is 0. The zero-order chi connectivity index (χ0) is 20.3. The second-order valence-electron chi connectivity index (χ2n) is 6.40. The average molecular weight is 398 g/mol. The molecule has 0 aliphatic heterocycles. The molecule has 0 spiro atoms. The summed E-state index contributed by atoms with van der Waals surface area (Å²) in [6.45, 7) is 6.06. The molecule has 28 heavy (non-hydrogen) atoms. The van der Waals surface area contributed by atoms with Crippen LogP contribution in [0.15, 0.2) is 59.6 Å². The number of carbonyl (C=O) groups excluding carboxylic acids is 1. The number of sulfonamides is 1. The summed E-state index contributed by atoms with van der Waals surface area (Å²) in [5.41, 5.74) is 2.30. The molecule has 0 atom stereocenters. The van der Waals surface area contributed by atoms with Crippen LogP contribution in [0.3, 0.4) is 0 Å². The van der Waals surface area contributed by atoms with Gasteiger partial charge in [-0.05, 0) is 48.9 Å². The Kier molecular flexibility index (Phi) is 5.76. The molecule has 146 valence electrons. The van der Waals surface area contributed by atoms with E-state index in [4.69, 9.17) is 0 Å². The van der Waals surface area contributed by atoms with Crippen molar-refractivity contribution in [2.24, 2.45) is 0 Å². The van der Waals surface area contributed by atoms with Gasteiger partial charge in [-0.2, -0.15) is 4.31 Å². The van der Waals surface area contributed by atoms with Crippen LogP contribution >= 0.6 is 0 Å². The summed E-state index contributed by atoms with van der Waals surface area (Å²) in [5.74, 6) is -0.368. The molecule has 0 aliphatic carbocycles. The van der Waals surface area contributed by atoms with Gasteiger partial charge in [-0.3, -0.25) is 9.78 Å². The topological polar surface area (TPSA) is 79.4 Å². The number of fused-ring (bicyclic) bond motifs is 1.